The minimum atomic E-state index is -2.32. The molecule has 0 heterocycles. The molecule has 0 saturated heterocycles. The highest BCUT2D eigenvalue weighted by molar-refractivity contribution is 7.87. The Hall–Kier alpha value is -3.75. The number of hydrogen-bond donors (Lipinski definition) is 0. The molecule has 0 N–H and O–H groups in total. The van der Waals surface area contributed by atoms with E-state index in [4.69, 9.17) is 4.74 Å². The Morgan fingerprint density at radius 3 is 1.45 bits per heavy atom. The molecule has 0 radical (unpaired) electrons. The fourth-order valence-electron chi connectivity index (χ4n) is 3.52. The molecule has 0 aliphatic heterocycles. The van der Waals surface area contributed by atoms with Gasteiger partial charge in [-0.15, -0.1) is 0 Å². The third-order valence-electron chi connectivity index (χ3n) is 4.94. The second-order valence-corrected chi connectivity index (χ2v) is 9.95. The molecule has 0 fully saturated rings. The zero-order valence-electron chi connectivity index (χ0n) is 16.8. The molecule has 4 aromatic rings. The van der Waals surface area contributed by atoms with Crippen molar-refractivity contribution in [1.82, 2.24) is 0 Å². The number of benzene rings is 4. The molecule has 0 spiro atoms. The molecule has 152 valence electrons. The van der Waals surface area contributed by atoms with E-state index in [1.54, 1.807) is 0 Å². The van der Waals surface area contributed by atoms with E-state index in [1.807, 2.05) is 42.5 Å². The monoisotopic (exact) mass is 424 g/mol. The van der Waals surface area contributed by atoms with Crippen LogP contribution in [0.4, 0.5) is 5.69 Å². The Kier molecular flexibility index (Phi) is 6.21. The van der Waals surface area contributed by atoms with Gasteiger partial charge in [-0.2, -0.15) is 0 Å². The van der Waals surface area contributed by atoms with Gasteiger partial charge in [-0.05, 0) is 17.7 Å². The Morgan fingerprint density at radius 1 is 0.645 bits per heavy atom. The maximum atomic E-state index is 10.6. The third-order valence-corrected chi connectivity index (χ3v) is 8.60. The van der Waals surface area contributed by atoms with Gasteiger partial charge in [0.15, 0.2) is 0 Å². The number of nitrogens with zero attached hydrogens (tertiary/aromatic N) is 2. The summed E-state index contributed by atoms with van der Waals surface area (Å²) >= 11 is 0. The van der Waals surface area contributed by atoms with Crippen LogP contribution in [0.2, 0.25) is 0 Å². The van der Waals surface area contributed by atoms with Crippen LogP contribution in [0.5, 0.6) is 0 Å². The summed E-state index contributed by atoms with van der Waals surface area (Å²) < 4.78 is 5.39. The molecule has 0 aromatic heterocycles. The van der Waals surface area contributed by atoms with E-state index in [2.05, 4.69) is 72.8 Å². The molecule has 4 nitrogen and oxygen atoms in total. The number of rotatable bonds is 6. The van der Waals surface area contributed by atoms with Crippen molar-refractivity contribution in [2.75, 3.05) is 0 Å². The van der Waals surface area contributed by atoms with Gasteiger partial charge in [-0.1, -0.05) is 103 Å². The number of hydrogen-bond acceptors (Lipinski definition) is 3. The summed E-state index contributed by atoms with van der Waals surface area (Å²) in [5, 5.41) is 14.1. The highest BCUT2D eigenvalue weighted by Gasteiger charge is 2.27. The lowest BCUT2D eigenvalue weighted by Crippen LogP contribution is -2.25. The van der Waals surface area contributed by atoms with Gasteiger partial charge in [0.25, 0.3) is 0 Å². The van der Waals surface area contributed by atoms with E-state index in [-0.39, 0.29) is 0 Å². The van der Waals surface area contributed by atoms with Crippen molar-refractivity contribution in [2.24, 2.45) is 4.74 Å². The van der Waals surface area contributed by atoms with Crippen LogP contribution >= 0.6 is 7.05 Å². The molecule has 0 atom stereocenters. The standard InChI is InChI=1S/C26H21N2O2P/c29-28(30)21-20-22-16-18-23(19-17-22)27-31(24-10-4-1-5-11-24,25-12-6-2-7-13-25)26-14-8-3-9-15-26/h1-21H/b21-20+. The van der Waals surface area contributed by atoms with Crippen molar-refractivity contribution >= 4 is 34.7 Å². The first-order valence-corrected chi connectivity index (χ1v) is 11.6. The van der Waals surface area contributed by atoms with Crippen molar-refractivity contribution in [2.45, 2.75) is 0 Å². The van der Waals surface area contributed by atoms with Crippen LogP contribution in [0.3, 0.4) is 0 Å². The predicted octanol–water partition coefficient (Wildman–Crippen LogP) is 5.74. The van der Waals surface area contributed by atoms with E-state index in [0.29, 0.717) is 0 Å². The molecule has 0 bridgehead atoms. The van der Waals surface area contributed by atoms with Gasteiger partial charge in [0.2, 0.25) is 6.20 Å². The summed E-state index contributed by atoms with van der Waals surface area (Å²) in [6.45, 7) is 0. The Balaban J connectivity index is 1.97. The highest BCUT2D eigenvalue weighted by atomic mass is 31.2. The van der Waals surface area contributed by atoms with Gasteiger partial charge in [0.1, 0.15) is 0 Å². The molecule has 5 heteroatoms. The first-order valence-electron chi connectivity index (χ1n) is 9.89. The Labute approximate surface area is 181 Å². The maximum absolute atomic E-state index is 10.6. The van der Waals surface area contributed by atoms with Crippen molar-refractivity contribution in [3.63, 3.8) is 0 Å². The molecule has 31 heavy (non-hydrogen) atoms. The highest BCUT2D eigenvalue weighted by Crippen LogP contribution is 2.49. The molecular weight excluding hydrogens is 403 g/mol. The molecule has 4 rings (SSSR count). The molecule has 0 aliphatic carbocycles. The lowest BCUT2D eigenvalue weighted by Gasteiger charge is -2.27. The third kappa shape index (κ3) is 4.55. The van der Waals surface area contributed by atoms with Crippen LogP contribution in [0.25, 0.3) is 6.08 Å². The summed E-state index contributed by atoms with van der Waals surface area (Å²) in [5.74, 6) is 0. The number of nitro groups is 1. The van der Waals surface area contributed by atoms with Gasteiger partial charge >= 0.3 is 0 Å². The van der Waals surface area contributed by atoms with E-state index in [0.717, 1.165) is 17.5 Å². The fraction of sp³-hybridized carbons (Fsp3) is 0. The van der Waals surface area contributed by atoms with Crippen molar-refractivity contribution in [3.8, 4) is 0 Å². The molecule has 0 aliphatic rings. The molecule has 0 unspecified atom stereocenters. The molecule has 4 aromatic carbocycles. The second-order valence-electron chi connectivity index (χ2n) is 6.93. The van der Waals surface area contributed by atoms with Crippen LogP contribution in [-0.2, 0) is 0 Å². The van der Waals surface area contributed by atoms with Crippen molar-refractivity contribution in [1.29, 1.82) is 0 Å². The molecular formula is C26H21N2O2P. The zero-order valence-corrected chi connectivity index (χ0v) is 17.7. The van der Waals surface area contributed by atoms with Gasteiger partial charge in [0.05, 0.1) is 17.7 Å². The average Bonchev–Trinajstić information content (AvgIpc) is 2.83. The molecule has 0 saturated carbocycles. The predicted molar refractivity (Wildman–Crippen MR) is 130 cm³/mol. The first kappa shape index (κ1) is 20.5. The van der Waals surface area contributed by atoms with Crippen molar-refractivity contribution in [3.05, 3.63) is 137 Å². The van der Waals surface area contributed by atoms with E-state index < -0.39 is 12.0 Å². The normalized spacial score (nSPS) is 11.4. The second kappa shape index (κ2) is 9.38. The van der Waals surface area contributed by atoms with Crippen LogP contribution in [-0.4, -0.2) is 4.92 Å². The first-order chi connectivity index (χ1) is 15.2. The van der Waals surface area contributed by atoms with Crippen molar-refractivity contribution < 1.29 is 4.92 Å². The van der Waals surface area contributed by atoms with Crippen LogP contribution in [0, 0.1) is 10.1 Å². The van der Waals surface area contributed by atoms with Gasteiger partial charge in [-0.3, -0.25) is 14.9 Å². The Bertz CT molecular complexity index is 1130. The van der Waals surface area contributed by atoms with Gasteiger partial charge < -0.3 is 0 Å². The topological polar surface area (TPSA) is 55.5 Å². The van der Waals surface area contributed by atoms with Crippen LogP contribution in [0.15, 0.2) is 126 Å². The average molecular weight is 424 g/mol. The summed E-state index contributed by atoms with van der Waals surface area (Å²) in [5.41, 5.74) is 1.60. The maximum Gasteiger partial charge on any atom is 0.235 e. The van der Waals surface area contributed by atoms with Gasteiger partial charge in [-0.25, -0.2) is 0 Å². The minimum absolute atomic E-state index is 0.463. The summed E-state index contributed by atoms with van der Waals surface area (Å²) in [4.78, 5) is 10.1. The lowest BCUT2D eigenvalue weighted by molar-refractivity contribution is -0.400. The smallest absolute Gasteiger partial charge is 0.235 e. The quantitative estimate of drug-likeness (QED) is 0.225. The van der Waals surface area contributed by atoms with Crippen LogP contribution < -0.4 is 15.9 Å². The van der Waals surface area contributed by atoms with Gasteiger partial charge in [0, 0.05) is 22.0 Å². The minimum Gasteiger partial charge on any atom is -0.259 e. The summed E-state index contributed by atoms with van der Waals surface area (Å²) in [6.07, 6.45) is 2.43. The SMILES string of the molecule is O=[N+]([O-])/C=C/c1ccc(N=P(c2ccccc2)(c2ccccc2)c2ccccc2)cc1. The molecule has 0 amide bonds. The largest absolute Gasteiger partial charge is 0.259 e. The summed E-state index contributed by atoms with van der Waals surface area (Å²) in [7, 11) is -2.32. The lowest BCUT2D eigenvalue weighted by atomic mass is 10.2. The summed E-state index contributed by atoms with van der Waals surface area (Å²) in [6, 6.07) is 38.8. The van der Waals surface area contributed by atoms with E-state index in [9.17, 15) is 10.1 Å². The van der Waals surface area contributed by atoms with E-state index >= 15 is 0 Å². The zero-order chi connectivity index (χ0) is 21.5. The van der Waals surface area contributed by atoms with E-state index in [1.165, 1.54) is 22.0 Å². The van der Waals surface area contributed by atoms with Crippen LogP contribution in [0.1, 0.15) is 5.56 Å². The fourth-order valence-corrected chi connectivity index (χ4v) is 7.06. The Morgan fingerprint density at radius 2 is 1.06 bits per heavy atom.